The highest BCUT2D eigenvalue weighted by Gasteiger charge is 2.28. The maximum atomic E-state index is 12.3. The van der Waals surface area contributed by atoms with Crippen molar-refractivity contribution in [2.75, 3.05) is 12.4 Å². The van der Waals surface area contributed by atoms with Crippen molar-refractivity contribution in [2.45, 2.75) is 12.5 Å². The highest BCUT2D eigenvalue weighted by atomic mass is 16.6. The molecule has 6 heteroatoms. The first kappa shape index (κ1) is 15.7. The van der Waals surface area contributed by atoms with Gasteiger partial charge in [-0.15, -0.1) is 0 Å². The Morgan fingerprint density at radius 3 is 2.50 bits per heavy atom. The van der Waals surface area contributed by atoms with Crippen LogP contribution in [0.2, 0.25) is 0 Å². The van der Waals surface area contributed by atoms with Gasteiger partial charge in [-0.05, 0) is 29.8 Å². The van der Waals surface area contributed by atoms with E-state index < -0.39 is 12.1 Å². The molecular weight excluding hydrogens is 308 g/mol. The molecule has 0 saturated heterocycles. The number of hydrogen-bond donors (Lipinski definition) is 1. The zero-order chi connectivity index (χ0) is 16.9. The Balaban J connectivity index is 1.59. The van der Waals surface area contributed by atoms with Crippen LogP contribution in [0.3, 0.4) is 0 Å². The van der Waals surface area contributed by atoms with Crippen LogP contribution in [0.4, 0.5) is 5.69 Å². The van der Waals surface area contributed by atoms with Gasteiger partial charge in [0.1, 0.15) is 0 Å². The average molecular weight is 324 g/mol. The number of nitrogens with one attached hydrogen (secondary N) is 1. The number of amides is 1. The third kappa shape index (κ3) is 3.43. The molecule has 1 aliphatic heterocycles. The lowest BCUT2D eigenvalue weighted by molar-refractivity contribution is -0.125. The van der Waals surface area contributed by atoms with E-state index in [9.17, 15) is 9.59 Å². The molecule has 3 rings (SSSR count). The minimum Gasteiger partial charge on any atom is -0.465 e. The number of nitrogens with zero attached hydrogens (tertiary/aromatic N) is 1. The molecule has 0 aromatic heterocycles. The van der Waals surface area contributed by atoms with Crippen LogP contribution < -0.4 is 5.32 Å². The van der Waals surface area contributed by atoms with Gasteiger partial charge in [-0.1, -0.05) is 35.5 Å². The quantitative estimate of drug-likeness (QED) is 0.877. The van der Waals surface area contributed by atoms with Crippen molar-refractivity contribution >= 4 is 23.3 Å². The van der Waals surface area contributed by atoms with Gasteiger partial charge >= 0.3 is 5.97 Å². The lowest BCUT2D eigenvalue weighted by Gasteiger charge is -2.10. The summed E-state index contributed by atoms with van der Waals surface area (Å²) in [4.78, 5) is 28.9. The van der Waals surface area contributed by atoms with E-state index in [2.05, 4.69) is 15.2 Å². The van der Waals surface area contributed by atoms with Gasteiger partial charge in [-0.2, -0.15) is 0 Å². The van der Waals surface area contributed by atoms with Crippen LogP contribution in [-0.4, -0.2) is 30.8 Å². The molecule has 1 aliphatic rings. The summed E-state index contributed by atoms with van der Waals surface area (Å²) < 4.78 is 4.63. The normalized spacial score (nSPS) is 16.0. The van der Waals surface area contributed by atoms with Gasteiger partial charge in [0, 0.05) is 12.1 Å². The Labute approximate surface area is 139 Å². The van der Waals surface area contributed by atoms with Crippen LogP contribution in [0.15, 0.2) is 59.8 Å². The Morgan fingerprint density at radius 2 is 1.83 bits per heavy atom. The molecule has 1 heterocycles. The van der Waals surface area contributed by atoms with Crippen molar-refractivity contribution in [3.8, 4) is 0 Å². The second-order valence-corrected chi connectivity index (χ2v) is 5.26. The first-order valence-corrected chi connectivity index (χ1v) is 7.45. The third-order valence-electron chi connectivity index (χ3n) is 3.64. The predicted molar refractivity (Wildman–Crippen MR) is 88.9 cm³/mol. The maximum Gasteiger partial charge on any atom is 0.337 e. The number of rotatable bonds is 4. The molecule has 1 unspecified atom stereocenters. The van der Waals surface area contributed by atoms with Crippen LogP contribution in [0.5, 0.6) is 0 Å². The molecule has 0 bridgehead atoms. The van der Waals surface area contributed by atoms with Crippen molar-refractivity contribution in [1.82, 2.24) is 0 Å². The summed E-state index contributed by atoms with van der Waals surface area (Å²) in [5.41, 5.74) is 2.68. The molecule has 0 fully saturated rings. The zero-order valence-electron chi connectivity index (χ0n) is 13.1. The number of anilines is 1. The minimum absolute atomic E-state index is 0.282. The smallest absolute Gasteiger partial charge is 0.337 e. The van der Waals surface area contributed by atoms with E-state index >= 15 is 0 Å². The molecule has 0 aliphatic carbocycles. The maximum absolute atomic E-state index is 12.3. The molecule has 2 aromatic carbocycles. The summed E-state index contributed by atoms with van der Waals surface area (Å²) in [6.07, 6.45) is -0.253. The second kappa shape index (κ2) is 6.95. The highest BCUT2D eigenvalue weighted by Crippen LogP contribution is 2.18. The summed E-state index contributed by atoms with van der Waals surface area (Å²) in [7, 11) is 1.32. The molecule has 0 radical (unpaired) electrons. The van der Waals surface area contributed by atoms with Gasteiger partial charge in [0.05, 0.1) is 18.4 Å². The fourth-order valence-corrected chi connectivity index (χ4v) is 2.35. The molecule has 24 heavy (non-hydrogen) atoms. The summed E-state index contributed by atoms with van der Waals surface area (Å²) in [5.74, 6) is -0.705. The van der Waals surface area contributed by atoms with Crippen molar-refractivity contribution in [1.29, 1.82) is 0 Å². The van der Waals surface area contributed by atoms with E-state index in [1.54, 1.807) is 24.3 Å². The molecule has 2 aromatic rings. The van der Waals surface area contributed by atoms with E-state index in [4.69, 9.17) is 4.84 Å². The Morgan fingerprint density at radius 1 is 1.12 bits per heavy atom. The number of carbonyl (C=O) groups is 2. The lowest BCUT2D eigenvalue weighted by Crippen LogP contribution is -2.28. The summed E-state index contributed by atoms with van der Waals surface area (Å²) in [5, 5.41) is 6.74. The molecule has 122 valence electrons. The molecule has 0 spiro atoms. The molecule has 0 saturated carbocycles. The minimum atomic E-state index is -0.666. The third-order valence-corrected chi connectivity index (χ3v) is 3.64. The molecule has 1 atom stereocenters. The molecule has 1 N–H and O–H groups in total. The number of ether oxygens (including phenoxy) is 1. The Bertz CT molecular complexity index is 769. The Kier molecular flexibility index (Phi) is 4.56. The second-order valence-electron chi connectivity index (χ2n) is 5.26. The van der Waals surface area contributed by atoms with E-state index in [-0.39, 0.29) is 5.91 Å². The largest absolute Gasteiger partial charge is 0.465 e. The number of carbonyl (C=O) groups excluding carboxylic acids is 2. The predicted octanol–water partition coefficient (Wildman–Crippen LogP) is 2.60. The number of benzene rings is 2. The summed E-state index contributed by atoms with van der Waals surface area (Å²) in [6.45, 7) is 0. The van der Waals surface area contributed by atoms with Crippen LogP contribution in [-0.2, 0) is 14.4 Å². The van der Waals surface area contributed by atoms with Crippen molar-refractivity contribution in [2.24, 2.45) is 5.16 Å². The van der Waals surface area contributed by atoms with E-state index in [1.807, 2.05) is 30.3 Å². The van der Waals surface area contributed by atoms with Crippen LogP contribution >= 0.6 is 0 Å². The summed E-state index contributed by atoms with van der Waals surface area (Å²) >= 11 is 0. The van der Waals surface area contributed by atoms with Gasteiger partial charge in [0.25, 0.3) is 5.91 Å². The van der Waals surface area contributed by atoms with Gasteiger partial charge in [0.2, 0.25) is 6.10 Å². The number of oxime groups is 1. The van der Waals surface area contributed by atoms with Gasteiger partial charge < -0.3 is 14.9 Å². The Hall–Kier alpha value is -3.15. The van der Waals surface area contributed by atoms with E-state index in [1.165, 1.54) is 7.11 Å². The van der Waals surface area contributed by atoms with Crippen LogP contribution in [0.1, 0.15) is 22.3 Å². The number of esters is 1. The van der Waals surface area contributed by atoms with Gasteiger partial charge in [0.15, 0.2) is 0 Å². The van der Waals surface area contributed by atoms with E-state index in [0.29, 0.717) is 17.7 Å². The monoisotopic (exact) mass is 324 g/mol. The molecule has 6 nitrogen and oxygen atoms in total. The fourth-order valence-electron chi connectivity index (χ4n) is 2.35. The van der Waals surface area contributed by atoms with Crippen LogP contribution in [0, 0.1) is 0 Å². The number of hydrogen-bond acceptors (Lipinski definition) is 5. The summed E-state index contributed by atoms with van der Waals surface area (Å²) in [6, 6.07) is 16.0. The lowest BCUT2D eigenvalue weighted by atomic mass is 10.0. The zero-order valence-corrected chi connectivity index (χ0v) is 13.1. The van der Waals surface area contributed by atoms with Gasteiger partial charge in [-0.3, -0.25) is 4.79 Å². The van der Waals surface area contributed by atoms with Crippen molar-refractivity contribution < 1.29 is 19.2 Å². The van der Waals surface area contributed by atoms with Crippen LogP contribution in [0.25, 0.3) is 0 Å². The number of methoxy groups -OCH3 is 1. The van der Waals surface area contributed by atoms with Crippen molar-refractivity contribution in [3.05, 3.63) is 65.7 Å². The standard InChI is InChI=1S/C18H16N2O4/c1-23-18(22)13-7-9-14(10-8-13)19-17(21)16-11-15(20-24-16)12-5-3-2-4-6-12/h2-10,16H,11H2,1H3,(H,19,21). The SMILES string of the molecule is COC(=O)c1ccc(NC(=O)C2CC(c3ccccc3)=NO2)cc1. The van der Waals surface area contributed by atoms with Gasteiger partial charge in [-0.25, -0.2) is 4.79 Å². The topological polar surface area (TPSA) is 77.0 Å². The highest BCUT2D eigenvalue weighted by molar-refractivity contribution is 6.06. The first-order valence-electron chi connectivity index (χ1n) is 7.45. The molecule has 1 amide bonds. The van der Waals surface area contributed by atoms with Crippen molar-refractivity contribution in [3.63, 3.8) is 0 Å². The molecular formula is C18H16N2O4. The average Bonchev–Trinajstić information content (AvgIpc) is 3.13. The first-order chi connectivity index (χ1) is 11.7. The fraction of sp³-hybridized carbons (Fsp3) is 0.167. The van der Waals surface area contributed by atoms with E-state index in [0.717, 1.165) is 11.3 Å².